The molecule has 0 unspecified atom stereocenters. The normalized spacial score (nSPS) is 20.3. The molecule has 6 heteroatoms. The lowest BCUT2D eigenvalue weighted by molar-refractivity contribution is 0.00578. The molecular weight excluding hydrogens is 243 g/mol. The molecule has 0 amide bonds. The zero-order valence-electron chi connectivity index (χ0n) is 11.8. The summed E-state index contributed by atoms with van der Waals surface area (Å²) in [7, 11) is -0.575. The maximum absolute atomic E-state index is 11.5. The molecule has 1 N–H and O–H groups in total. The maximum Gasteiger partial charge on any atom is 0.496 e. The first-order valence-electron chi connectivity index (χ1n) is 6.17. The van der Waals surface area contributed by atoms with Gasteiger partial charge in [0.1, 0.15) is 11.6 Å². The molecule has 2 rings (SSSR count). The molecule has 19 heavy (non-hydrogen) atoms. The highest BCUT2D eigenvalue weighted by molar-refractivity contribution is 6.62. The Bertz CT molecular complexity index is 597. The van der Waals surface area contributed by atoms with Crippen LogP contribution in [0.5, 0.6) is 0 Å². The van der Waals surface area contributed by atoms with Gasteiger partial charge < -0.3 is 14.3 Å². The zero-order chi connectivity index (χ0) is 14.4. The third-order valence-electron chi connectivity index (χ3n) is 4.01. The second-order valence-electron chi connectivity index (χ2n) is 5.77. The largest absolute Gasteiger partial charge is 0.496 e. The predicted molar refractivity (Wildman–Crippen MR) is 72.2 cm³/mol. The van der Waals surface area contributed by atoms with E-state index in [4.69, 9.17) is 14.6 Å². The van der Waals surface area contributed by atoms with Crippen LogP contribution in [-0.2, 0) is 9.31 Å². The van der Waals surface area contributed by atoms with Crippen LogP contribution in [0.2, 0.25) is 0 Å². The van der Waals surface area contributed by atoms with Crippen LogP contribution in [0.3, 0.4) is 0 Å². The smallest absolute Gasteiger partial charge is 0.399 e. The van der Waals surface area contributed by atoms with Crippen LogP contribution in [0.1, 0.15) is 38.8 Å². The molecular formula is C13H17BN2O3. The van der Waals surface area contributed by atoms with Gasteiger partial charge in [0.05, 0.1) is 11.2 Å². The van der Waals surface area contributed by atoms with Crippen molar-refractivity contribution < 1.29 is 9.31 Å². The molecule has 1 aromatic rings. The Morgan fingerprint density at radius 1 is 1.26 bits per heavy atom. The number of hydrogen-bond acceptors (Lipinski definition) is 4. The Balaban J connectivity index is 2.47. The standard InChI is InChI=1S/C13H17BN2O3/c1-8-9(6-15)11(17)16-7-10(8)14-18-12(2,3)13(4,5)19-14/h7H,1-5H3,(H,16,17). The molecule has 100 valence electrons. The number of aromatic nitrogens is 1. The first kappa shape index (κ1) is 13.8. The van der Waals surface area contributed by atoms with E-state index in [0.717, 1.165) is 0 Å². The molecule has 1 saturated heterocycles. The Labute approximate surface area is 112 Å². The van der Waals surface area contributed by atoms with Gasteiger partial charge in [-0.25, -0.2) is 0 Å². The van der Waals surface area contributed by atoms with Crippen molar-refractivity contribution >= 4 is 12.6 Å². The summed E-state index contributed by atoms with van der Waals surface area (Å²) in [5.74, 6) is 0. The minimum atomic E-state index is -0.575. The number of pyridine rings is 1. The average Bonchev–Trinajstić information content (AvgIpc) is 2.48. The van der Waals surface area contributed by atoms with Gasteiger partial charge in [0.2, 0.25) is 0 Å². The van der Waals surface area contributed by atoms with Crippen molar-refractivity contribution in [1.82, 2.24) is 4.98 Å². The molecule has 0 radical (unpaired) electrons. The third-order valence-corrected chi connectivity index (χ3v) is 4.01. The van der Waals surface area contributed by atoms with Crippen molar-refractivity contribution in [3.05, 3.63) is 27.7 Å². The number of nitrogens with one attached hydrogen (secondary N) is 1. The highest BCUT2D eigenvalue weighted by Gasteiger charge is 2.52. The van der Waals surface area contributed by atoms with Crippen LogP contribution in [-0.4, -0.2) is 23.3 Å². The third kappa shape index (κ3) is 2.09. The van der Waals surface area contributed by atoms with E-state index in [1.165, 1.54) is 0 Å². The lowest BCUT2D eigenvalue weighted by Crippen LogP contribution is -2.41. The van der Waals surface area contributed by atoms with Crippen molar-refractivity contribution in [3.8, 4) is 6.07 Å². The Kier molecular flexibility index (Phi) is 3.08. The van der Waals surface area contributed by atoms with Crippen LogP contribution < -0.4 is 11.0 Å². The summed E-state index contributed by atoms with van der Waals surface area (Å²) in [6.07, 6.45) is 1.56. The number of H-pyrrole nitrogens is 1. The van der Waals surface area contributed by atoms with Crippen LogP contribution in [0, 0.1) is 18.3 Å². The van der Waals surface area contributed by atoms with Gasteiger partial charge in [-0.1, -0.05) is 0 Å². The molecule has 0 aromatic carbocycles. The highest BCUT2D eigenvalue weighted by atomic mass is 16.7. The number of rotatable bonds is 1. The zero-order valence-corrected chi connectivity index (χ0v) is 11.8. The van der Waals surface area contributed by atoms with E-state index in [9.17, 15) is 4.79 Å². The van der Waals surface area contributed by atoms with Crippen LogP contribution in [0.25, 0.3) is 0 Å². The summed E-state index contributed by atoms with van der Waals surface area (Å²) in [6.45, 7) is 9.56. The van der Waals surface area contributed by atoms with Crippen LogP contribution in [0.15, 0.2) is 11.0 Å². The van der Waals surface area contributed by atoms with Gasteiger partial charge in [-0.2, -0.15) is 5.26 Å². The van der Waals surface area contributed by atoms with Crippen molar-refractivity contribution in [1.29, 1.82) is 5.26 Å². The molecule has 1 aromatic heterocycles. The molecule has 5 nitrogen and oxygen atoms in total. The molecule has 1 aliphatic rings. The summed E-state index contributed by atoms with van der Waals surface area (Å²) in [6, 6.07) is 1.91. The van der Waals surface area contributed by atoms with Gasteiger partial charge in [-0.3, -0.25) is 4.79 Å². The van der Waals surface area contributed by atoms with Gasteiger partial charge in [0.15, 0.2) is 0 Å². The van der Waals surface area contributed by atoms with E-state index >= 15 is 0 Å². The van der Waals surface area contributed by atoms with Crippen molar-refractivity contribution in [3.63, 3.8) is 0 Å². The van der Waals surface area contributed by atoms with E-state index in [1.807, 2.05) is 33.8 Å². The first-order chi connectivity index (χ1) is 8.69. The Morgan fingerprint density at radius 2 is 1.79 bits per heavy atom. The van der Waals surface area contributed by atoms with Crippen molar-refractivity contribution in [2.24, 2.45) is 0 Å². The van der Waals surface area contributed by atoms with Crippen LogP contribution in [0.4, 0.5) is 0 Å². The monoisotopic (exact) mass is 260 g/mol. The Hall–Kier alpha value is -1.58. The van der Waals surface area contributed by atoms with Crippen molar-refractivity contribution in [2.75, 3.05) is 0 Å². The predicted octanol–water partition coefficient (Wildman–Crippen LogP) is 0.854. The van der Waals surface area contributed by atoms with E-state index in [1.54, 1.807) is 13.1 Å². The van der Waals surface area contributed by atoms with Crippen molar-refractivity contribution in [2.45, 2.75) is 45.8 Å². The second kappa shape index (κ2) is 4.22. The van der Waals surface area contributed by atoms with Gasteiger partial charge in [-0.05, 0) is 40.2 Å². The first-order valence-corrected chi connectivity index (χ1v) is 6.17. The van der Waals surface area contributed by atoms with E-state index in [2.05, 4.69) is 4.98 Å². The molecule has 2 heterocycles. The second-order valence-corrected chi connectivity index (χ2v) is 5.77. The molecule has 0 aliphatic carbocycles. The molecule has 0 saturated carbocycles. The van der Waals surface area contributed by atoms with E-state index in [0.29, 0.717) is 11.0 Å². The number of aromatic amines is 1. The highest BCUT2D eigenvalue weighted by Crippen LogP contribution is 2.36. The summed E-state index contributed by atoms with van der Waals surface area (Å²) >= 11 is 0. The molecule has 1 fully saturated rings. The number of nitrogens with zero attached hydrogens (tertiary/aromatic N) is 1. The van der Waals surface area contributed by atoms with Gasteiger partial charge >= 0.3 is 7.12 Å². The fraction of sp³-hybridized carbons (Fsp3) is 0.538. The van der Waals surface area contributed by atoms with Gasteiger partial charge in [0.25, 0.3) is 5.56 Å². The minimum absolute atomic E-state index is 0.104. The molecule has 0 spiro atoms. The topological polar surface area (TPSA) is 75.1 Å². The lowest BCUT2D eigenvalue weighted by atomic mass is 9.76. The number of nitriles is 1. The molecule has 0 bridgehead atoms. The summed E-state index contributed by atoms with van der Waals surface area (Å²) in [4.78, 5) is 14.1. The van der Waals surface area contributed by atoms with E-state index < -0.39 is 18.3 Å². The van der Waals surface area contributed by atoms with E-state index in [-0.39, 0.29) is 11.1 Å². The lowest BCUT2D eigenvalue weighted by Gasteiger charge is -2.32. The number of hydrogen-bond donors (Lipinski definition) is 1. The minimum Gasteiger partial charge on any atom is -0.399 e. The quantitative estimate of drug-likeness (QED) is 0.759. The molecule has 1 aliphatic heterocycles. The summed E-state index contributed by atoms with van der Waals surface area (Å²) in [5, 5.41) is 9.02. The molecule has 0 atom stereocenters. The fourth-order valence-corrected chi connectivity index (χ4v) is 1.99. The van der Waals surface area contributed by atoms with Gasteiger partial charge in [-0.15, -0.1) is 0 Å². The summed E-state index contributed by atoms with van der Waals surface area (Å²) < 4.78 is 11.8. The van der Waals surface area contributed by atoms with Gasteiger partial charge in [0, 0.05) is 11.7 Å². The SMILES string of the molecule is Cc1c(B2OC(C)(C)C(C)(C)O2)c[nH]c(=O)c1C#N. The fourth-order valence-electron chi connectivity index (χ4n) is 1.99. The Morgan fingerprint density at radius 3 is 2.26 bits per heavy atom. The maximum atomic E-state index is 11.5. The average molecular weight is 260 g/mol. The van der Waals surface area contributed by atoms with Crippen LogP contribution >= 0.6 is 0 Å². The summed E-state index contributed by atoms with van der Waals surface area (Å²) in [5.41, 5.74) is 0.104.